The normalized spacial score (nSPS) is 16.9. The van der Waals surface area contributed by atoms with Crippen LogP contribution in [0.15, 0.2) is 36.7 Å². The van der Waals surface area contributed by atoms with E-state index in [0.717, 1.165) is 47.6 Å². The van der Waals surface area contributed by atoms with Gasteiger partial charge in [0, 0.05) is 30.8 Å². The van der Waals surface area contributed by atoms with E-state index in [1.54, 1.807) is 4.52 Å². The van der Waals surface area contributed by atoms with E-state index in [-0.39, 0.29) is 11.8 Å². The quantitative estimate of drug-likeness (QED) is 0.727. The number of fused-ring (bicyclic) bond motifs is 4. The third-order valence-corrected chi connectivity index (χ3v) is 5.61. The van der Waals surface area contributed by atoms with Crippen molar-refractivity contribution in [2.45, 2.75) is 26.2 Å². The van der Waals surface area contributed by atoms with Gasteiger partial charge in [0.15, 0.2) is 5.65 Å². The number of amides is 1. The molecule has 0 radical (unpaired) electrons. The second-order valence-corrected chi connectivity index (χ2v) is 7.73. The van der Waals surface area contributed by atoms with Crippen molar-refractivity contribution in [3.63, 3.8) is 0 Å². The van der Waals surface area contributed by atoms with Gasteiger partial charge in [-0.1, -0.05) is 13.0 Å². The highest BCUT2D eigenvalue weighted by atomic mass is 16.5. The Balaban J connectivity index is 1.54. The van der Waals surface area contributed by atoms with Crippen molar-refractivity contribution in [3.8, 4) is 16.9 Å². The average molecular weight is 391 g/mol. The summed E-state index contributed by atoms with van der Waals surface area (Å²) in [4.78, 5) is 19.3. The maximum Gasteiger partial charge on any atom is 0.225 e. The van der Waals surface area contributed by atoms with Gasteiger partial charge in [0.05, 0.1) is 12.7 Å². The van der Waals surface area contributed by atoms with Gasteiger partial charge >= 0.3 is 0 Å². The van der Waals surface area contributed by atoms with Gasteiger partial charge in [-0.05, 0) is 48.6 Å². The molecule has 1 saturated carbocycles. The smallest absolute Gasteiger partial charge is 0.225 e. The summed E-state index contributed by atoms with van der Waals surface area (Å²) in [6.45, 7) is 4.49. The van der Waals surface area contributed by atoms with E-state index in [9.17, 15) is 4.79 Å². The van der Waals surface area contributed by atoms with Crippen LogP contribution in [-0.4, -0.2) is 51.6 Å². The minimum absolute atomic E-state index is 0.202. The molecule has 3 aromatic rings. The largest absolute Gasteiger partial charge is 0.492 e. The molecule has 4 bridgehead atoms. The number of aryl methyl sites for hydroxylation is 1. The van der Waals surface area contributed by atoms with Gasteiger partial charge in [-0.15, -0.1) is 0 Å². The van der Waals surface area contributed by atoms with Gasteiger partial charge in [-0.3, -0.25) is 4.79 Å². The number of carbonyl (C=O) groups is 1. The Morgan fingerprint density at radius 3 is 3.00 bits per heavy atom. The molecule has 5 rings (SSSR count). The van der Waals surface area contributed by atoms with Crippen molar-refractivity contribution in [2.24, 2.45) is 5.92 Å². The molecule has 1 fully saturated rings. The van der Waals surface area contributed by atoms with E-state index in [0.29, 0.717) is 26.2 Å². The Kier molecular flexibility index (Phi) is 4.58. The fourth-order valence-corrected chi connectivity index (χ4v) is 3.79. The van der Waals surface area contributed by atoms with E-state index in [1.807, 2.05) is 29.4 Å². The molecule has 7 nitrogen and oxygen atoms in total. The first-order valence-electron chi connectivity index (χ1n) is 10.4. The Morgan fingerprint density at radius 1 is 1.28 bits per heavy atom. The molecule has 29 heavy (non-hydrogen) atoms. The lowest BCUT2D eigenvalue weighted by molar-refractivity contribution is -0.132. The van der Waals surface area contributed by atoms with Gasteiger partial charge in [0.2, 0.25) is 5.91 Å². The minimum atomic E-state index is 0.202. The molecule has 1 aliphatic heterocycles. The maximum absolute atomic E-state index is 12.7. The number of rotatable bonds is 2. The van der Waals surface area contributed by atoms with Crippen molar-refractivity contribution in [1.29, 1.82) is 0 Å². The number of nitrogens with zero attached hydrogens (tertiary/aromatic N) is 4. The molecule has 0 saturated heterocycles. The molecule has 1 amide bonds. The molecule has 0 atom stereocenters. The highest BCUT2D eigenvalue weighted by Crippen LogP contribution is 2.32. The summed E-state index contributed by atoms with van der Waals surface area (Å²) in [6.07, 6.45) is 6.69. The highest BCUT2D eigenvalue weighted by Gasteiger charge is 2.33. The zero-order chi connectivity index (χ0) is 19.8. The van der Waals surface area contributed by atoms with Crippen molar-refractivity contribution < 1.29 is 9.53 Å². The molecule has 3 heterocycles. The number of hydrogen-bond donors (Lipinski definition) is 1. The minimum Gasteiger partial charge on any atom is -0.492 e. The van der Waals surface area contributed by atoms with Crippen molar-refractivity contribution in [3.05, 3.63) is 42.2 Å². The molecule has 2 aliphatic rings. The van der Waals surface area contributed by atoms with Crippen LogP contribution >= 0.6 is 0 Å². The Labute approximate surface area is 169 Å². The topological polar surface area (TPSA) is 71.8 Å². The number of anilines is 1. The third kappa shape index (κ3) is 3.64. The number of ether oxygens (including phenoxy) is 1. The Morgan fingerprint density at radius 2 is 2.17 bits per heavy atom. The van der Waals surface area contributed by atoms with Gasteiger partial charge in [0.1, 0.15) is 18.2 Å². The average Bonchev–Trinajstić information content (AvgIpc) is 3.50. The van der Waals surface area contributed by atoms with Crippen LogP contribution in [0.2, 0.25) is 0 Å². The van der Waals surface area contributed by atoms with Gasteiger partial charge in [-0.2, -0.15) is 5.10 Å². The summed E-state index contributed by atoms with van der Waals surface area (Å²) < 4.78 is 7.87. The first-order valence-corrected chi connectivity index (χ1v) is 10.4. The molecule has 1 N–H and O–H groups in total. The van der Waals surface area contributed by atoms with Crippen LogP contribution in [0.3, 0.4) is 0 Å². The molecule has 7 heteroatoms. The molecular weight excluding hydrogens is 366 g/mol. The summed E-state index contributed by atoms with van der Waals surface area (Å²) in [7, 11) is 0. The van der Waals surface area contributed by atoms with Crippen LogP contribution in [0.4, 0.5) is 5.82 Å². The third-order valence-electron chi connectivity index (χ3n) is 5.61. The molecule has 150 valence electrons. The van der Waals surface area contributed by atoms with Crippen LogP contribution in [0.1, 0.15) is 25.3 Å². The van der Waals surface area contributed by atoms with Crippen LogP contribution in [0.25, 0.3) is 16.8 Å². The molecule has 0 unspecified atom stereocenters. The Hall–Kier alpha value is -3.09. The lowest BCUT2D eigenvalue weighted by Crippen LogP contribution is -2.39. The fourth-order valence-electron chi connectivity index (χ4n) is 3.79. The molecule has 1 aromatic carbocycles. The monoisotopic (exact) mass is 391 g/mol. The first-order chi connectivity index (χ1) is 14.2. The number of benzene rings is 1. The summed E-state index contributed by atoms with van der Waals surface area (Å²) in [6, 6.07) is 8.20. The van der Waals surface area contributed by atoms with E-state index >= 15 is 0 Å². The van der Waals surface area contributed by atoms with E-state index in [2.05, 4.69) is 29.5 Å². The number of nitrogens with one attached hydrogen (secondary N) is 1. The number of carbonyl (C=O) groups excluding carboxylic acids is 1. The predicted octanol–water partition coefficient (Wildman–Crippen LogP) is 3.00. The van der Waals surface area contributed by atoms with Crippen molar-refractivity contribution in [1.82, 2.24) is 19.5 Å². The lowest BCUT2D eigenvalue weighted by atomic mass is 10.0. The zero-order valence-electron chi connectivity index (χ0n) is 16.6. The highest BCUT2D eigenvalue weighted by molar-refractivity contribution is 5.81. The zero-order valence-corrected chi connectivity index (χ0v) is 16.6. The predicted molar refractivity (Wildman–Crippen MR) is 111 cm³/mol. The van der Waals surface area contributed by atoms with Crippen LogP contribution in [-0.2, 0) is 11.2 Å². The number of aromatic nitrogens is 3. The molecule has 0 spiro atoms. The van der Waals surface area contributed by atoms with Gasteiger partial charge in [0.25, 0.3) is 0 Å². The summed E-state index contributed by atoms with van der Waals surface area (Å²) in [5.74, 6) is 2.06. The van der Waals surface area contributed by atoms with Crippen LogP contribution < -0.4 is 10.1 Å². The maximum atomic E-state index is 12.7. The van der Waals surface area contributed by atoms with E-state index < -0.39 is 0 Å². The molecular formula is C22H25N5O2. The SMILES string of the molecule is CCc1cc2cc(c1)-c1cnn3ccc(nc13)NCCN(C(=O)C1CC1)CCO2. The van der Waals surface area contributed by atoms with E-state index in [1.165, 1.54) is 5.56 Å². The second-order valence-electron chi connectivity index (χ2n) is 7.73. The molecule has 1 aliphatic carbocycles. The standard InChI is InChI=1S/C22H25N5O2/c1-2-15-11-17-13-18(12-15)29-10-9-26(22(28)16-3-4-16)8-6-23-20-5-7-27-21(25-20)19(17)14-24-27/h5,7,11-14,16H,2-4,6,8-10H2,1H3,(H,23,25). The van der Waals surface area contributed by atoms with Crippen molar-refractivity contribution >= 4 is 17.4 Å². The first kappa shape index (κ1) is 18.0. The lowest BCUT2D eigenvalue weighted by Gasteiger charge is -2.23. The number of hydrogen-bond acceptors (Lipinski definition) is 5. The van der Waals surface area contributed by atoms with Crippen molar-refractivity contribution in [2.75, 3.05) is 31.6 Å². The van der Waals surface area contributed by atoms with Crippen LogP contribution in [0, 0.1) is 5.92 Å². The van der Waals surface area contributed by atoms with E-state index in [4.69, 9.17) is 9.72 Å². The summed E-state index contributed by atoms with van der Waals surface area (Å²) in [5, 5.41) is 7.81. The van der Waals surface area contributed by atoms with Gasteiger partial charge in [-0.25, -0.2) is 9.50 Å². The summed E-state index contributed by atoms with van der Waals surface area (Å²) in [5.41, 5.74) is 4.03. The Bertz CT molecular complexity index is 1060. The summed E-state index contributed by atoms with van der Waals surface area (Å²) >= 11 is 0. The van der Waals surface area contributed by atoms with Crippen LogP contribution in [0.5, 0.6) is 5.75 Å². The second kappa shape index (κ2) is 7.39. The molecule has 2 aromatic heterocycles. The van der Waals surface area contributed by atoms with Gasteiger partial charge < -0.3 is 15.0 Å². The fraction of sp³-hybridized carbons (Fsp3) is 0.409.